The fourth-order valence-electron chi connectivity index (χ4n) is 2.83. The summed E-state index contributed by atoms with van der Waals surface area (Å²) < 4.78 is 0. The molecule has 5 nitrogen and oxygen atoms in total. The van der Waals surface area contributed by atoms with Crippen molar-refractivity contribution in [3.05, 3.63) is 11.9 Å². The zero-order valence-corrected chi connectivity index (χ0v) is 13.7. The Morgan fingerprint density at radius 2 is 1.81 bits per heavy atom. The van der Waals surface area contributed by atoms with Gasteiger partial charge in [0, 0.05) is 38.3 Å². The lowest BCUT2D eigenvalue weighted by molar-refractivity contribution is 0.270. The summed E-state index contributed by atoms with van der Waals surface area (Å²) in [6.07, 6.45) is 4.98. The largest absolute Gasteiger partial charge is 0.370 e. The van der Waals surface area contributed by atoms with Crippen LogP contribution in [0, 0.1) is 0 Å². The van der Waals surface area contributed by atoms with Gasteiger partial charge in [0.15, 0.2) is 0 Å². The molecule has 1 saturated heterocycles. The van der Waals surface area contributed by atoms with Gasteiger partial charge >= 0.3 is 0 Å². The van der Waals surface area contributed by atoms with Crippen molar-refractivity contribution >= 4 is 11.6 Å². The third-order valence-corrected chi connectivity index (χ3v) is 4.08. The van der Waals surface area contributed by atoms with E-state index in [4.69, 9.17) is 0 Å². The van der Waals surface area contributed by atoms with Crippen molar-refractivity contribution in [3.8, 4) is 0 Å². The summed E-state index contributed by atoms with van der Waals surface area (Å²) in [7, 11) is 0. The molecule has 118 valence electrons. The van der Waals surface area contributed by atoms with Crippen LogP contribution in [0.2, 0.25) is 0 Å². The van der Waals surface area contributed by atoms with E-state index in [1.807, 2.05) is 0 Å². The lowest BCUT2D eigenvalue weighted by atomic mass is 10.1. The number of rotatable bonds is 7. The molecule has 0 unspecified atom stereocenters. The summed E-state index contributed by atoms with van der Waals surface area (Å²) in [6.45, 7) is 13.1. The molecular weight excluding hydrogens is 262 g/mol. The molecule has 1 aromatic heterocycles. The molecule has 5 heteroatoms. The molecule has 2 rings (SSSR count). The molecule has 0 amide bonds. The van der Waals surface area contributed by atoms with Crippen molar-refractivity contribution in [2.24, 2.45) is 0 Å². The minimum absolute atomic E-state index is 0.969. The third kappa shape index (κ3) is 4.06. The highest BCUT2D eigenvalue weighted by molar-refractivity contribution is 5.59. The lowest BCUT2D eigenvalue weighted by Gasteiger charge is -2.35. The first-order valence-electron chi connectivity index (χ1n) is 8.35. The molecule has 1 aliphatic rings. The number of anilines is 2. The fraction of sp³-hybridized carbons (Fsp3) is 0.750. The van der Waals surface area contributed by atoms with Crippen LogP contribution < -0.4 is 10.2 Å². The number of nitrogens with zero attached hydrogens (tertiary/aromatic N) is 4. The van der Waals surface area contributed by atoms with Crippen LogP contribution in [0.4, 0.5) is 11.6 Å². The lowest BCUT2D eigenvalue weighted by Crippen LogP contribution is -2.46. The van der Waals surface area contributed by atoms with E-state index >= 15 is 0 Å². The van der Waals surface area contributed by atoms with Gasteiger partial charge in [0.2, 0.25) is 0 Å². The zero-order chi connectivity index (χ0) is 15.1. The highest BCUT2D eigenvalue weighted by atomic mass is 15.3. The Morgan fingerprint density at radius 3 is 2.43 bits per heavy atom. The molecule has 2 heterocycles. The first-order valence-corrected chi connectivity index (χ1v) is 8.35. The Labute approximate surface area is 128 Å². The Bertz CT molecular complexity index is 427. The Hall–Kier alpha value is -1.36. The third-order valence-electron chi connectivity index (χ3n) is 4.08. The predicted octanol–water partition coefficient (Wildman–Crippen LogP) is 2.39. The second kappa shape index (κ2) is 8.17. The molecule has 21 heavy (non-hydrogen) atoms. The number of aromatic nitrogens is 2. The molecule has 0 spiro atoms. The molecule has 1 aromatic rings. The highest BCUT2D eigenvalue weighted by Gasteiger charge is 2.21. The maximum Gasteiger partial charge on any atom is 0.137 e. The zero-order valence-electron chi connectivity index (χ0n) is 13.7. The number of hydrogen-bond donors (Lipinski definition) is 1. The van der Waals surface area contributed by atoms with Gasteiger partial charge in [0.1, 0.15) is 18.0 Å². The monoisotopic (exact) mass is 291 g/mol. The van der Waals surface area contributed by atoms with Gasteiger partial charge in [-0.2, -0.15) is 0 Å². The number of hydrogen-bond acceptors (Lipinski definition) is 5. The number of piperazine rings is 1. The van der Waals surface area contributed by atoms with Gasteiger partial charge < -0.3 is 15.1 Å². The molecule has 1 fully saturated rings. The van der Waals surface area contributed by atoms with E-state index in [-0.39, 0.29) is 0 Å². The van der Waals surface area contributed by atoms with E-state index in [0.29, 0.717) is 0 Å². The van der Waals surface area contributed by atoms with Crippen molar-refractivity contribution in [1.29, 1.82) is 0 Å². The van der Waals surface area contributed by atoms with Crippen LogP contribution in [0.3, 0.4) is 0 Å². The fourth-order valence-corrected chi connectivity index (χ4v) is 2.83. The topological polar surface area (TPSA) is 44.3 Å². The molecule has 0 bridgehead atoms. The van der Waals surface area contributed by atoms with Crippen LogP contribution in [0.15, 0.2) is 6.33 Å². The Kier molecular flexibility index (Phi) is 6.23. The molecular formula is C16H29N5. The molecule has 1 aliphatic heterocycles. The van der Waals surface area contributed by atoms with Crippen LogP contribution in [-0.4, -0.2) is 54.1 Å². The molecule has 0 atom stereocenters. The summed E-state index contributed by atoms with van der Waals surface area (Å²) >= 11 is 0. The number of nitrogens with one attached hydrogen (secondary N) is 1. The van der Waals surface area contributed by atoms with Crippen LogP contribution in [0.1, 0.15) is 39.2 Å². The van der Waals surface area contributed by atoms with E-state index in [0.717, 1.165) is 70.2 Å². The first-order chi connectivity index (χ1) is 10.3. The van der Waals surface area contributed by atoms with Crippen LogP contribution in [0.5, 0.6) is 0 Å². The summed E-state index contributed by atoms with van der Waals surface area (Å²) in [5, 5.41) is 3.46. The average molecular weight is 291 g/mol. The summed E-state index contributed by atoms with van der Waals surface area (Å²) in [5.74, 6) is 2.17. The predicted molar refractivity (Wildman–Crippen MR) is 89.1 cm³/mol. The molecule has 0 radical (unpaired) electrons. The van der Waals surface area contributed by atoms with Crippen molar-refractivity contribution in [3.63, 3.8) is 0 Å². The van der Waals surface area contributed by atoms with E-state index in [9.17, 15) is 0 Å². The van der Waals surface area contributed by atoms with Crippen molar-refractivity contribution in [1.82, 2.24) is 14.9 Å². The number of likely N-dealkylation sites (N-methyl/N-ethyl adjacent to an activating group) is 1. The maximum absolute atomic E-state index is 4.60. The quantitative estimate of drug-likeness (QED) is 0.835. The molecule has 1 N–H and O–H groups in total. The second-order valence-corrected chi connectivity index (χ2v) is 5.62. The minimum Gasteiger partial charge on any atom is -0.370 e. The van der Waals surface area contributed by atoms with Gasteiger partial charge in [-0.15, -0.1) is 0 Å². The average Bonchev–Trinajstić information content (AvgIpc) is 2.54. The van der Waals surface area contributed by atoms with Crippen LogP contribution in [0.25, 0.3) is 0 Å². The van der Waals surface area contributed by atoms with Gasteiger partial charge in [-0.05, 0) is 19.4 Å². The maximum atomic E-state index is 4.60. The normalized spacial score (nSPS) is 16.2. The Balaban J connectivity index is 2.17. The molecule has 0 aliphatic carbocycles. The van der Waals surface area contributed by atoms with Gasteiger partial charge in [-0.1, -0.05) is 27.2 Å². The minimum atomic E-state index is 0.969. The SMILES string of the molecule is CCCNc1ncnc(N2CCN(CC)CC2)c1CCC. The van der Waals surface area contributed by atoms with E-state index < -0.39 is 0 Å². The molecule has 0 aromatic carbocycles. The van der Waals surface area contributed by atoms with E-state index in [1.165, 1.54) is 5.56 Å². The molecule has 0 saturated carbocycles. The Morgan fingerprint density at radius 1 is 1.05 bits per heavy atom. The highest BCUT2D eigenvalue weighted by Crippen LogP contribution is 2.25. The van der Waals surface area contributed by atoms with Crippen molar-refractivity contribution in [2.75, 3.05) is 49.5 Å². The standard InChI is InChI=1S/C16H29N5/c1-4-7-14-15(17-8-5-2)18-13-19-16(14)21-11-9-20(6-3)10-12-21/h13H,4-12H2,1-3H3,(H,17,18,19). The van der Waals surface area contributed by atoms with Gasteiger partial charge in [0.25, 0.3) is 0 Å². The van der Waals surface area contributed by atoms with Crippen LogP contribution in [-0.2, 0) is 6.42 Å². The van der Waals surface area contributed by atoms with Gasteiger partial charge in [-0.3, -0.25) is 0 Å². The first kappa shape index (κ1) is 16.0. The van der Waals surface area contributed by atoms with Crippen molar-refractivity contribution < 1.29 is 0 Å². The van der Waals surface area contributed by atoms with E-state index in [1.54, 1.807) is 6.33 Å². The smallest absolute Gasteiger partial charge is 0.137 e. The van der Waals surface area contributed by atoms with E-state index in [2.05, 4.69) is 45.9 Å². The summed E-state index contributed by atoms with van der Waals surface area (Å²) in [5.41, 5.74) is 1.29. The second-order valence-electron chi connectivity index (χ2n) is 5.62. The van der Waals surface area contributed by atoms with Gasteiger partial charge in [-0.25, -0.2) is 9.97 Å². The summed E-state index contributed by atoms with van der Waals surface area (Å²) in [4.78, 5) is 14.0. The van der Waals surface area contributed by atoms with Crippen molar-refractivity contribution in [2.45, 2.75) is 40.0 Å². The van der Waals surface area contributed by atoms with Gasteiger partial charge in [0.05, 0.1) is 0 Å². The summed E-state index contributed by atoms with van der Waals surface area (Å²) in [6, 6.07) is 0. The van der Waals surface area contributed by atoms with Crippen LogP contribution >= 0.6 is 0 Å².